The summed E-state index contributed by atoms with van der Waals surface area (Å²) >= 11 is 1.62. The monoisotopic (exact) mass is 284 g/mol. The van der Waals surface area contributed by atoms with Crippen molar-refractivity contribution in [1.82, 2.24) is 9.97 Å². The van der Waals surface area contributed by atoms with Gasteiger partial charge in [-0.1, -0.05) is 12.1 Å². The van der Waals surface area contributed by atoms with Crippen LogP contribution < -0.4 is 10.6 Å². The van der Waals surface area contributed by atoms with Gasteiger partial charge in [0.2, 0.25) is 0 Å². The number of thiophene rings is 1. The molecule has 0 spiro atoms. The van der Waals surface area contributed by atoms with Crippen molar-refractivity contribution < 1.29 is 0 Å². The molecule has 2 N–H and O–H groups in total. The molecule has 0 aliphatic carbocycles. The number of benzene rings is 1. The molecule has 5 heteroatoms. The van der Waals surface area contributed by atoms with Gasteiger partial charge in [0, 0.05) is 6.04 Å². The van der Waals surface area contributed by atoms with Gasteiger partial charge in [-0.25, -0.2) is 9.97 Å². The number of fused-ring (bicyclic) bond motifs is 1. The SMILES string of the molecule is CC(C)Nc1ccccc1Nc1ncnc2sccc12. The van der Waals surface area contributed by atoms with Crippen molar-refractivity contribution in [3.63, 3.8) is 0 Å². The van der Waals surface area contributed by atoms with Gasteiger partial charge < -0.3 is 10.6 Å². The fourth-order valence-electron chi connectivity index (χ4n) is 2.05. The molecule has 0 aliphatic heterocycles. The molecule has 20 heavy (non-hydrogen) atoms. The topological polar surface area (TPSA) is 49.8 Å². The second-order valence-electron chi connectivity index (χ2n) is 4.83. The largest absolute Gasteiger partial charge is 0.381 e. The highest BCUT2D eigenvalue weighted by molar-refractivity contribution is 7.16. The Morgan fingerprint density at radius 2 is 1.85 bits per heavy atom. The second-order valence-corrected chi connectivity index (χ2v) is 5.73. The number of hydrogen-bond donors (Lipinski definition) is 2. The number of nitrogens with one attached hydrogen (secondary N) is 2. The number of rotatable bonds is 4. The van der Waals surface area contributed by atoms with Crippen LogP contribution in [0.4, 0.5) is 17.2 Å². The van der Waals surface area contributed by atoms with E-state index in [0.717, 1.165) is 27.4 Å². The standard InChI is InChI=1S/C15H16N4S/c1-10(2)18-12-5-3-4-6-13(12)19-14-11-7-8-20-15(11)17-9-16-14/h3-10,18H,1-2H3,(H,16,17,19). The smallest absolute Gasteiger partial charge is 0.142 e. The quantitative estimate of drug-likeness (QED) is 0.751. The van der Waals surface area contributed by atoms with Gasteiger partial charge in [-0.15, -0.1) is 11.3 Å². The molecular weight excluding hydrogens is 268 g/mol. The molecule has 0 atom stereocenters. The van der Waals surface area contributed by atoms with Gasteiger partial charge in [-0.3, -0.25) is 0 Å². The molecule has 0 saturated carbocycles. The minimum absolute atomic E-state index is 0.379. The van der Waals surface area contributed by atoms with Gasteiger partial charge in [0.1, 0.15) is 17.0 Å². The highest BCUT2D eigenvalue weighted by Crippen LogP contribution is 2.29. The van der Waals surface area contributed by atoms with Gasteiger partial charge in [-0.2, -0.15) is 0 Å². The average Bonchev–Trinajstić information content (AvgIpc) is 2.90. The number of nitrogens with zero attached hydrogens (tertiary/aromatic N) is 2. The summed E-state index contributed by atoms with van der Waals surface area (Å²) < 4.78 is 0. The Morgan fingerprint density at radius 1 is 1.05 bits per heavy atom. The van der Waals surface area contributed by atoms with E-state index >= 15 is 0 Å². The maximum Gasteiger partial charge on any atom is 0.142 e. The molecular formula is C15H16N4S. The molecule has 102 valence electrons. The number of para-hydroxylation sites is 2. The fraction of sp³-hybridized carbons (Fsp3) is 0.200. The molecule has 0 fully saturated rings. The van der Waals surface area contributed by atoms with E-state index in [9.17, 15) is 0 Å². The van der Waals surface area contributed by atoms with Crippen molar-refractivity contribution >= 4 is 38.7 Å². The molecule has 3 aromatic rings. The van der Waals surface area contributed by atoms with Crippen molar-refractivity contribution in [2.75, 3.05) is 10.6 Å². The van der Waals surface area contributed by atoms with Crippen molar-refractivity contribution in [3.8, 4) is 0 Å². The van der Waals surface area contributed by atoms with E-state index in [1.165, 1.54) is 0 Å². The lowest BCUT2D eigenvalue weighted by molar-refractivity contribution is 0.900. The summed E-state index contributed by atoms with van der Waals surface area (Å²) in [7, 11) is 0. The Kier molecular flexibility index (Phi) is 3.52. The van der Waals surface area contributed by atoms with E-state index in [4.69, 9.17) is 0 Å². The van der Waals surface area contributed by atoms with Crippen LogP contribution >= 0.6 is 11.3 Å². The van der Waals surface area contributed by atoms with E-state index < -0.39 is 0 Å². The third-order valence-electron chi connectivity index (χ3n) is 2.89. The normalized spacial score (nSPS) is 10.9. The summed E-state index contributed by atoms with van der Waals surface area (Å²) in [6.07, 6.45) is 1.60. The molecule has 3 rings (SSSR count). The Labute approximate surface area is 121 Å². The number of aromatic nitrogens is 2. The zero-order valence-electron chi connectivity index (χ0n) is 11.4. The fourth-order valence-corrected chi connectivity index (χ4v) is 2.78. The number of hydrogen-bond acceptors (Lipinski definition) is 5. The van der Waals surface area contributed by atoms with Gasteiger partial charge in [0.05, 0.1) is 16.8 Å². The van der Waals surface area contributed by atoms with Crippen molar-refractivity contribution in [2.24, 2.45) is 0 Å². The van der Waals surface area contributed by atoms with Crippen LogP contribution in [-0.2, 0) is 0 Å². The highest BCUT2D eigenvalue weighted by atomic mass is 32.1. The first kappa shape index (κ1) is 12.9. The molecule has 1 aromatic carbocycles. The van der Waals surface area contributed by atoms with Crippen LogP contribution in [0.5, 0.6) is 0 Å². The van der Waals surface area contributed by atoms with E-state index in [1.807, 2.05) is 29.6 Å². The predicted octanol–water partition coefficient (Wildman–Crippen LogP) is 4.26. The van der Waals surface area contributed by atoms with E-state index in [-0.39, 0.29) is 0 Å². The first-order valence-electron chi connectivity index (χ1n) is 6.55. The minimum atomic E-state index is 0.379. The zero-order chi connectivity index (χ0) is 13.9. The predicted molar refractivity (Wildman–Crippen MR) is 85.9 cm³/mol. The summed E-state index contributed by atoms with van der Waals surface area (Å²) in [5, 5.41) is 9.92. The first-order chi connectivity index (χ1) is 9.74. The number of anilines is 3. The first-order valence-corrected chi connectivity index (χ1v) is 7.43. The Morgan fingerprint density at radius 3 is 2.65 bits per heavy atom. The molecule has 0 saturated heterocycles. The average molecular weight is 284 g/mol. The molecule has 0 amide bonds. The van der Waals surface area contributed by atoms with Gasteiger partial charge in [-0.05, 0) is 37.4 Å². The van der Waals surface area contributed by atoms with Gasteiger partial charge in [0.25, 0.3) is 0 Å². The summed E-state index contributed by atoms with van der Waals surface area (Å²) in [6.45, 7) is 4.25. The lowest BCUT2D eigenvalue weighted by Gasteiger charge is -2.15. The highest BCUT2D eigenvalue weighted by Gasteiger charge is 2.08. The Hall–Kier alpha value is -2.14. The van der Waals surface area contributed by atoms with Crippen LogP contribution in [-0.4, -0.2) is 16.0 Å². The van der Waals surface area contributed by atoms with Crippen molar-refractivity contribution in [1.29, 1.82) is 0 Å². The third kappa shape index (κ3) is 2.58. The molecule has 2 heterocycles. The third-order valence-corrected chi connectivity index (χ3v) is 3.71. The van der Waals surface area contributed by atoms with E-state index in [2.05, 4.69) is 40.5 Å². The Bertz CT molecular complexity index is 720. The van der Waals surface area contributed by atoms with Crippen LogP contribution in [0.15, 0.2) is 42.0 Å². The van der Waals surface area contributed by atoms with Crippen LogP contribution in [0.25, 0.3) is 10.2 Å². The summed E-state index contributed by atoms with van der Waals surface area (Å²) in [5.74, 6) is 0.842. The Balaban J connectivity index is 1.97. The maximum absolute atomic E-state index is 4.35. The lowest BCUT2D eigenvalue weighted by atomic mass is 10.2. The lowest BCUT2D eigenvalue weighted by Crippen LogP contribution is -2.11. The van der Waals surface area contributed by atoms with Crippen LogP contribution in [0.2, 0.25) is 0 Å². The molecule has 0 bridgehead atoms. The molecule has 2 aromatic heterocycles. The van der Waals surface area contributed by atoms with Crippen LogP contribution in [0.3, 0.4) is 0 Å². The van der Waals surface area contributed by atoms with E-state index in [1.54, 1.807) is 17.7 Å². The van der Waals surface area contributed by atoms with Crippen molar-refractivity contribution in [2.45, 2.75) is 19.9 Å². The van der Waals surface area contributed by atoms with Crippen LogP contribution in [0.1, 0.15) is 13.8 Å². The summed E-state index contributed by atoms with van der Waals surface area (Å²) in [5.41, 5.74) is 2.09. The van der Waals surface area contributed by atoms with Gasteiger partial charge >= 0.3 is 0 Å². The summed E-state index contributed by atoms with van der Waals surface area (Å²) in [4.78, 5) is 9.61. The molecule has 0 unspecified atom stereocenters. The zero-order valence-corrected chi connectivity index (χ0v) is 12.2. The molecule has 0 radical (unpaired) electrons. The van der Waals surface area contributed by atoms with E-state index in [0.29, 0.717) is 6.04 Å². The summed E-state index contributed by atoms with van der Waals surface area (Å²) in [6, 6.07) is 10.6. The maximum atomic E-state index is 4.35. The second kappa shape index (κ2) is 5.46. The van der Waals surface area contributed by atoms with Crippen molar-refractivity contribution in [3.05, 3.63) is 42.0 Å². The van der Waals surface area contributed by atoms with Gasteiger partial charge in [0.15, 0.2) is 0 Å². The molecule has 4 nitrogen and oxygen atoms in total. The minimum Gasteiger partial charge on any atom is -0.381 e. The van der Waals surface area contributed by atoms with Crippen LogP contribution in [0, 0.1) is 0 Å². The molecule has 0 aliphatic rings.